The Hall–Kier alpha value is -2.64. The van der Waals surface area contributed by atoms with Crippen LogP contribution in [0.1, 0.15) is 35.0 Å². The number of sulfonamides is 1. The summed E-state index contributed by atoms with van der Waals surface area (Å²) in [6.07, 6.45) is 3.24. The molecule has 0 radical (unpaired) electrons. The zero-order valence-electron chi connectivity index (χ0n) is 16.8. The molecule has 152 valence electrons. The van der Waals surface area contributed by atoms with Gasteiger partial charge in [0, 0.05) is 41.9 Å². The number of H-pyrrole nitrogens is 1. The van der Waals surface area contributed by atoms with E-state index in [1.807, 2.05) is 12.1 Å². The fourth-order valence-corrected chi connectivity index (χ4v) is 4.83. The number of carbonyl (C=O) groups is 1. The molecule has 0 spiro atoms. The first-order chi connectivity index (χ1) is 13.8. The van der Waals surface area contributed by atoms with E-state index >= 15 is 0 Å². The Labute approximate surface area is 171 Å². The normalized spacial score (nSPS) is 16.8. The second-order valence-corrected chi connectivity index (χ2v) is 10.1. The van der Waals surface area contributed by atoms with Gasteiger partial charge < -0.3 is 10.3 Å². The lowest BCUT2D eigenvalue weighted by atomic mass is 9.87. The molecule has 4 rings (SSSR count). The minimum Gasteiger partial charge on any atom is -0.358 e. The summed E-state index contributed by atoms with van der Waals surface area (Å²) in [4.78, 5) is 16.5. The molecule has 1 heterocycles. The van der Waals surface area contributed by atoms with Crippen LogP contribution < -0.4 is 5.32 Å². The van der Waals surface area contributed by atoms with E-state index in [4.69, 9.17) is 0 Å². The van der Waals surface area contributed by atoms with E-state index in [9.17, 15) is 13.2 Å². The average Bonchev–Trinajstić information content (AvgIpc) is 3.05. The molecule has 0 fully saturated rings. The summed E-state index contributed by atoms with van der Waals surface area (Å²) in [6, 6.07) is 12.0. The van der Waals surface area contributed by atoms with Crippen LogP contribution in [0.3, 0.4) is 0 Å². The Kier molecular flexibility index (Phi) is 4.96. The van der Waals surface area contributed by atoms with Crippen molar-refractivity contribution < 1.29 is 13.2 Å². The predicted molar refractivity (Wildman–Crippen MR) is 115 cm³/mol. The molecule has 1 amide bonds. The molecular formula is C22H25N3O3S. The van der Waals surface area contributed by atoms with Crippen molar-refractivity contribution in [3.8, 4) is 0 Å². The summed E-state index contributed by atoms with van der Waals surface area (Å²) in [5, 5.41) is 3.92. The van der Waals surface area contributed by atoms with Gasteiger partial charge in [0.05, 0.1) is 4.90 Å². The summed E-state index contributed by atoms with van der Waals surface area (Å²) in [5.41, 5.74) is 4.64. The fraction of sp³-hybridized carbons (Fsp3) is 0.318. The monoisotopic (exact) mass is 411 g/mol. The SMILES string of the molecule is CC1CCc2[nH]c3ccc(C(=O)Nc4cccc(S(=O)(=O)N(C)C)c4)cc3c2C1. The zero-order valence-corrected chi connectivity index (χ0v) is 17.6. The summed E-state index contributed by atoms with van der Waals surface area (Å²) in [7, 11) is -0.598. The highest BCUT2D eigenvalue weighted by Gasteiger charge is 2.21. The third kappa shape index (κ3) is 3.68. The van der Waals surface area contributed by atoms with E-state index in [2.05, 4.69) is 17.2 Å². The number of rotatable bonds is 4. The number of aromatic amines is 1. The quantitative estimate of drug-likeness (QED) is 0.685. The predicted octanol–water partition coefficient (Wildman–Crippen LogP) is 3.80. The Morgan fingerprint density at radius 2 is 1.97 bits per heavy atom. The van der Waals surface area contributed by atoms with Crippen LogP contribution in [0.5, 0.6) is 0 Å². The molecule has 1 aliphatic carbocycles. The van der Waals surface area contributed by atoms with Gasteiger partial charge in [-0.05, 0) is 67.1 Å². The van der Waals surface area contributed by atoms with Gasteiger partial charge in [0.2, 0.25) is 10.0 Å². The number of hydrogen-bond acceptors (Lipinski definition) is 3. The van der Waals surface area contributed by atoms with Gasteiger partial charge in [-0.15, -0.1) is 0 Å². The van der Waals surface area contributed by atoms with Crippen molar-refractivity contribution in [2.75, 3.05) is 19.4 Å². The van der Waals surface area contributed by atoms with Crippen molar-refractivity contribution in [1.82, 2.24) is 9.29 Å². The zero-order chi connectivity index (χ0) is 20.8. The number of benzene rings is 2. The van der Waals surface area contributed by atoms with E-state index < -0.39 is 10.0 Å². The molecule has 2 aromatic carbocycles. The lowest BCUT2D eigenvalue weighted by molar-refractivity contribution is 0.102. The first-order valence-corrected chi connectivity index (χ1v) is 11.2. The maximum Gasteiger partial charge on any atom is 0.255 e. The van der Waals surface area contributed by atoms with Crippen LogP contribution in [-0.2, 0) is 22.9 Å². The van der Waals surface area contributed by atoms with E-state index in [0.29, 0.717) is 17.2 Å². The lowest BCUT2D eigenvalue weighted by Gasteiger charge is -2.18. The van der Waals surface area contributed by atoms with Crippen molar-refractivity contribution >= 4 is 32.5 Å². The number of fused-ring (bicyclic) bond motifs is 3. The molecule has 7 heteroatoms. The van der Waals surface area contributed by atoms with Gasteiger partial charge in [-0.3, -0.25) is 4.79 Å². The van der Waals surface area contributed by atoms with Crippen molar-refractivity contribution in [2.24, 2.45) is 5.92 Å². The highest BCUT2D eigenvalue weighted by Crippen LogP contribution is 2.32. The van der Waals surface area contributed by atoms with E-state index in [1.165, 1.54) is 43.9 Å². The van der Waals surface area contributed by atoms with Crippen LogP contribution in [0.15, 0.2) is 47.4 Å². The van der Waals surface area contributed by atoms with Crippen LogP contribution in [0.4, 0.5) is 5.69 Å². The number of anilines is 1. The Balaban J connectivity index is 1.62. The smallest absolute Gasteiger partial charge is 0.255 e. The number of carbonyl (C=O) groups excluding carboxylic acids is 1. The molecule has 2 N–H and O–H groups in total. The number of aryl methyl sites for hydroxylation is 1. The van der Waals surface area contributed by atoms with Gasteiger partial charge in [0.15, 0.2) is 0 Å². The molecule has 6 nitrogen and oxygen atoms in total. The molecule has 0 saturated heterocycles. The second-order valence-electron chi connectivity index (χ2n) is 7.96. The number of nitrogens with zero attached hydrogens (tertiary/aromatic N) is 1. The maximum atomic E-state index is 12.8. The Morgan fingerprint density at radius 1 is 1.17 bits per heavy atom. The van der Waals surface area contributed by atoms with Gasteiger partial charge in [-0.2, -0.15) is 0 Å². The third-order valence-electron chi connectivity index (χ3n) is 5.57. The molecule has 29 heavy (non-hydrogen) atoms. The van der Waals surface area contributed by atoms with Gasteiger partial charge in [-0.1, -0.05) is 13.0 Å². The van der Waals surface area contributed by atoms with E-state index in [0.717, 1.165) is 28.0 Å². The number of amides is 1. The van der Waals surface area contributed by atoms with Gasteiger partial charge in [-0.25, -0.2) is 12.7 Å². The van der Waals surface area contributed by atoms with Gasteiger partial charge in [0.1, 0.15) is 0 Å². The summed E-state index contributed by atoms with van der Waals surface area (Å²) < 4.78 is 25.8. The fourth-order valence-electron chi connectivity index (χ4n) is 3.88. The van der Waals surface area contributed by atoms with Crippen LogP contribution in [0.2, 0.25) is 0 Å². The van der Waals surface area contributed by atoms with Crippen LogP contribution in [-0.4, -0.2) is 37.7 Å². The van der Waals surface area contributed by atoms with E-state index in [-0.39, 0.29) is 10.8 Å². The van der Waals surface area contributed by atoms with Crippen molar-refractivity contribution in [3.63, 3.8) is 0 Å². The van der Waals surface area contributed by atoms with E-state index in [1.54, 1.807) is 18.2 Å². The summed E-state index contributed by atoms with van der Waals surface area (Å²) in [6.45, 7) is 2.26. The lowest BCUT2D eigenvalue weighted by Crippen LogP contribution is -2.22. The van der Waals surface area contributed by atoms with Crippen molar-refractivity contribution in [2.45, 2.75) is 31.1 Å². The topological polar surface area (TPSA) is 82.3 Å². The molecule has 1 unspecified atom stereocenters. The highest BCUT2D eigenvalue weighted by atomic mass is 32.2. The first kappa shape index (κ1) is 19.7. The first-order valence-electron chi connectivity index (χ1n) is 9.73. The van der Waals surface area contributed by atoms with Crippen LogP contribution in [0.25, 0.3) is 10.9 Å². The molecular weight excluding hydrogens is 386 g/mol. The molecule has 3 aromatic rings. The minimum absolute atomic E-state index is 0.143. The Morgan fingerprint density at radius 3 is 2.72 bits per heavy atom. The number of aromatic nitrogens is 1. The van der Waals surface area contributed by atoms with Gasteiger partial charge >= 0.3 is 0 Å². The van der Waals surface area contributed by atoms with Crippen molar-refractivity contribution in [3.05, 3.63) is 59.3 Å². The molecule has 0 saturated carbocycles. The number of hydrogen-bond donors (Lipinski definition) is 2. The number of nitrogens with one attached hydrogen (secondary N) is 2. The standard InChI is InChI=1S/C22H25N3O3S/c1-14-7-9-20-18(11-14)19-12-15(8-10-21(19)24-20)22(26)23-16-5-4-6-17(13-16)29(27,28)25(2)3/h4-6,8,10,12-14,24H,7,9,11H2,1-3H3,(H,23,26). The minimum atomic E-state index is -3.56. The molecule has 0 bridgehead atoms. The van der Waals surface area contributed by atoms with Crippen LogP contribution in [0, 0.1) is 5.92 Å². The maximum absolute atomic E-state index is 12.8. The molecule has 1 aliphatic rings. The third-order valence-corrected chi connectivity index (χ3v) is 7.38. The highest BCUT2D eigenvalue weighted by molar-refractivity contribution is 7.89. The van der Waals surface area contributed by atoms with Crippen LogP contribution >= 0.6 is 0 Å². The Bertz CT molecular complexity index is 1200. The summed E-state index contributed by atoms with van der Waals surface area (Å²) in [5.74, 6) is 0.380. The molecule has 1 aromatic heterocycles. The summed E-state index contributed by atoms with van der Waals surface area (Å²) >= 11 is 0. The van der Waals surface area contributed by atoms with Crippen molar-refractivity contribution in [1.29, 1.82) is 0 Å². The largest absolute Gasteiger partial charge is 0.358 e. The van der Waals surface area contributed by atoms with Gasteiger partial charge in [0.25, 0.3) is 5.91 Å². The second kappa shape index (κ2) is 7.31. The molecule has 1 atom stereocenters. The molecule has 0 aliphatic heterocycles. The average molecular weight is 412 g/mol.